The molecule has 5 aromatic rings. The van der Waals surface area contributed by atoms with Crippen molar-refractivity contribution in [3.8, 4) is 22.9 Å². The number of ether oxygens (including phenoxy) is 2. The molecule has 10 nitrogen and oxygen atoms in total. The van der Waals surface area contributed by atoms with E-state index in [1.807, 2.05) is 24.3 Å². The van der Waals surface area contributed by atoms with Crippen LogP contribution in [0.2, 0.25) is 0 Å². The lowest BCUT2D eigenvalue weighted by Gasteiger charge is -2.23. The van der Waals surface area contributed by atoms with Gasteiger partial charge in [0.15, 0.2) is 17.2 Å². The number of nitrogens with zero attached hydrogens (tertiary/aromatic N) is 4. The number of aliphatic hydroxyl groups is 1. The van der Waals surface area contributed by atoms with Crippen LogP contribution in [0.25, 0.3) is 16.6 Å². The summed E-state index contributed by atoms with van der Waals surface area (Å²) in [4.78, 5) is 38.5. The molecule has 0 spiro atoms. The van der Waals surface area contributed by atoms with E-state index < -0.39 is 17.6 Å². The Hall–Kier alpha value is -5.09. The predicted molar refractivity (Wildman–Crippen MR) is 155 cm³/mol. The standard InChI is InChI=1S/C31H30N4O6/c1-20(36)19-40-28-18-25-24(17-27(28)39-4)26(15-16-32-25)41-35(23-13-9-6-10-14-23)31(38)29-21(2)33(3)34(30(29)37)22-11-7-5-8-12-22/h5-18,20,36H,19H2,1-4H3. The maximum Gasteiger partial charge on any atom is 0.298 e. The molecule has 41 heavy (non-hydrogen) atoms. The summed E-state index contributed by atoms with van der Waals surface area (Å²) >= 11 is 0. The molecule has 0 aliphatic carbocycles. The Labute approximate surface area is 236 Å². The van der Waals surface area contributed by atoms with Gasteiger partial charge in [0.1, 0.15) is 12.2 Å². The highest BCUT2D eigenvalue weighted by Gasteiger charge is 2.29. The number of carbonyl (C=O) groups is 1. The maximum atomic E-state index is 14.1. The number of hydrogen-bond acceptors (Lipinski definition) is 7. The van der Waals surface area contributed by atoms with E-state index in [4.69, 9.17) is 14.3 Å². The third-order valence-electron chi connectivity index (χ3n) is 6.60. The van der Waals surface area contributed by atoms with E-state index >= 15 is 0 Å². The molecule has 0 radical (unpaired) electrons. The number of aromatic nitrogens is 3. The largest absolute Gasteiger partial charge is 0.493 e. The molecule has 3 aromatic carbocycles. The molecule has 2 heterocycles. The number of hydrogen-bond donors (Lipinski definition) is 1. The van der Waals surface area contributed by atoms with Gasteiger partial charge in [-0.2, -0.15) is 0 Å². The number of aliphatic hydroxyl groups excluding tert-OH is 1. The molecule has 210 valence electrons. The van der Waals surface area contributed by atoms with Gasteiger partial charge in [0, 0.05) is 30.8 Å². The number of rotatable bonds is 9. The smallest absolute Gasteiger partial charge is 0.298 e. The Kier molecular flexibility index (Phi) is 7.75. The number of anilines is 1. The average Bonchev–Trinajstić information content (AvgIpc) is 3.21. The van der Waals surface area contributed by atoms with E-state index in [9.17, 15) is 14.7 Å². The van der Waals surface area contributed by atoms with Crippen LogP contribution in [0.3, 0.4) is 0 Å². The van der Waals surface area contributed by atoms with Crippen LogP contribution in [0, 0.1) is 6.92 Å². The summed E-state index contributed by atoms with van der Waals surface area (Å²) in [7, 11) is 3.23. The third kappa shape index (κ3) is 5.37. The zero-order valence-electron chi connectivity index (χ0n) is 23.1. The van der Waals surface area contributed by atoms with Gasteiger partial charge in [-0.05, 0) is 44.2 Å². The van der Waals surface area contributed by atoms with Gasteiger partial charge in [-0.1, -0.05) is 36.4 Å². The topological polar surface area (TPSA) is 108 Å². The molecule has 0 saturated heterocycles. The molecule has 0 aliphatic heterocycles. The number of pyridine rings is 1. The fourth-order valence-electron chi connectivity index (χ4n) is 4.48. The van der Waals surface area contributed by atoms with Crippen molar-refractivity contribution < 1.29 is 24.2 Å². The molecular weight excluding hydrogens is 524 g/mol. The van der Waals surface area contributed by atoms with Crippen molar-refractivity contribution in [3.05, 3.63) is 107 Å². The summed E-state index contributed by atoms with van der Waals surface area (Å²) in [6.45, 7) is 3.42. The van der Waals surface area contributed by atoms with Gasteiger partial charge >= 0.3 is 0 Å². The number of amides is 1. The Bertz CT molecular complexity index is 1750. The van der Waals surface area contributed by atoms with Crippen LogP contribution in [0.1, 0.15) is 23.0 Å². The van der Waals surface area contributed by atoms with Crippen molar-refractivity contribution in [2.24, 2.45) is 7.05 Å². The summed E-state index contributed by atoms with van der Waals surface area (Å²) in [5.41, 5.74) is 1.58. The van der Waals surface area contributed by atoms with Gasteiger partial charge < -0.3 is 19.4 Å². The second-order valence-electron chi connectivity index (χ2n) is 9.45. The van der Waals surface area contributed by atoms with Gasteiger partial charge in [0.2, 0.25) is 0 Å². The van der Waals surface area contributed by atoms with Gasteiger partial charge in [0.05, 0.1) is 35.8 Å². The number of methoxy groups -OCH3 is 1. The molecule has 1 amide bonds. The van der Waals surface area contributed by atoms with Crippen molar-refractivity contribution >= 4 is 22.5 Å². The Morgan fingerprint density at radius 1 is 1.00 bits per heavy atom. The van der Waals surface area contributed by atoms with Crippen LogP contribution in [0.5, 0.6) is 17.2 Å². The first-order chi connectivity index (χ1) is 19.8. The minimum absolute atomic E-state index is 0.0232. The molecule has 10 heteroatoms. The zero-order chi connectivity index (χ0) is 29.1. The summed E-state index contributed by atoms with van der Waals surface area (Å²) in [5, 5.41) is 11.3. The van der Waals surface area contributed by atoms with Gasteiger partial charge in [-0.25, -0.2) is 4.68 Å². The summed E-state index contributed by atoms with van der Waals surface area (Å²) in [6, 6.07) is 22.9. The first-order valence-corrected chi connectivity index (χ1v) is 13.0. The van der Waals surface area contributed by atoms with Gasteiger partial charge in [-0.15, -0.1) is 5.06 Å². The molecule has 1 unspecified atom stereocenters. The summed E-state index contributed by atoms with van der Waals surface area (Å²) in [6.07, 6.45) is 0.878. The lowest BCUT2D eigenvalue weighted by molar-refractivity contribution is 0.0879. The normalized spacial score (nSPS) is 11.7. The molecule has 0 fully saturated rings. The van der Waals surface area contributed by atoms with Crippen LogP contribution in [-0.4, -0.2) is 45.2 Å². The van der Waals surface area contributed by atoms with E-state index in [2.05, 4.69) is 4.98 Å². The first-order valence-electron chi connectivity index (χ1n) is 13.0. The highest BCUT2D eigenvalue weighted by Crippen LogP contribution is 2.36. The fraction of sp³-hybridized carbons (Fsp3) is 0.194. The number of fused-ring (bicyclic) bond motifs is 1. The van der Waals surface area contributed by atoms with Crippen molar-refractivity contribution in [1.82, 2.24) is 14.3 Å². The summed E-state index contributed by atoms with van der Waals surface area (Å²) < 4.78 is 14.3. The second kappa shape index (κ2) is 11.6. The van der Waals surface area contributed by atoms with Crippen LogP contribution in [0.15, 0.2) is 89.9 Å². The van der Waals surface area contributed by atoms with E-state index in [1.165, 1.54) is 11.8 Å². The zero-order valence-corrected chi connectivity index (χ0v) is 23.1. The van der Waals surface area contributed by atoms with Gasteiger partial charge in [0.25, 0.3) is 11.5 Å². The number of carbonyl (C=O) groups excluding carboxylic acids is 1. The molecule has 0 bridgehead atoms. The van der Waals surface area contributed by atoms with E-state index in [0.29, 0.717) is 45.2 Å². The molecule has 0 saturated carbocycles. The van der Waals surface area contributed by atoms with Crippen molar-refractivity contribution in [3.63, 3.8) is 0 Å². The van der Waals surface area contributed by atoms with E-state index in [0.717, 1.165) is 5.06 Å². The molecule has 5 rings (SSSR count). The minimum Gasteiger partial charge on any atom is -0.493 e. The molecule has 0 aliphatic rings. The lowest BCUT2D eigenvalue weighted by atomic mass is 10.2. The van der Waals surface area contributed by atoms with Crippen LogP contribution >= 0.6 is 0 Å². The average molecular weight is 555 g/mol. The van der Waals surface area contributed by atoms with Crippen molar-refractivity contribution in [2.45, 2.75) is 20.0 Å². The highest BCUT2D eigenvalue weighted by molar-refractivity contribution is 6.06. The van der Waals surface area contributed by atoms with Crippen LogP contribution < -0.4 is 24.9 Å². The second-order valence-corrected chi connectivity index (χ2v) is 9.45. The minimum atomic E-state index is -0.670. The molecular formula is C31H30N4O6. The predicted octanol–water partition coefficient (Wildman–Crippen LogP) is 4.44. The van der Waals surface area contributed by atoms with Crippen LogP contribution in [0.4, 0.5) is 5.69 Å². The maximum absolute atomic E-state index is 14.1. The Balaban J connectivity index is 1.60. The molecule has 2 aromatic heterocycles. The van der Waals surface area contributed by atoms with Crippen molar-refractivity contribution in [1.29, 1.82) is 0 Å². The monoisotopic (exact) mass is 554 g/mol. The Morgan fingerprint density at radius 2 is 1.68 bits per heavy atom. The molecule has 1 atom stereocenters. The third-order valence-corrected chi connectivity index (χ3v) is 6.60. The fourth-order valence-corrected chi connectivity index (χ4v) is 4.48. The molecule has 1 N–H and O–H groups in total. The highest BCUT2D eigenvalue weighted by atomic mass is 16.7. The van der Waals surface area contributed by atoms with Crippen LogP contribution in [-0.2, 0) is 7.05 Å². The van der Waals surface area contributed by atoms with Crippen molar-refractivity contribution in [2.75, 3.05) is 18.8 Å². The quantitative estimate of drug-likeness (QED) is 0.268. The summed E-state index contributed by atoms with van der Waals surface area (Å²) in [5.74, 6) is 0.489. The SMILES string of the molecule is COc1cc2c(ON(C(=O)c3c(C)n(C)n(-c4ccccc4)c3=O)c3ccccc3)ccnc2cc1OCC(C)O. The number of hydroxylamine groups is 1. The first kappa shape index (κ1) is 27.5. The lowest BCUT2D eigenvalue weighted by Crippen LogP contribution is -2.37. The number of benzene rings is 3. The van der Waals surface area contributed by atoms with E-state index in [-0.39, 0.29) is 12.2 Å². The number of para-hydroxylation sites is 2. The van der Waals surface area contributed by atoms with E-state index in [1.54, 1.807) is 86.4 Å². The Morgan fingerprint density at radius 3 is 2.34 bits per heavy atom. The van der Waals surface area contributed by atoms with Gasteiger partial charge in [-0.3, -0.25) is 19.3 Å².